The third-order valence-corrected chi connectivity index (χ3v) is 6.54. The maximum Gasteiger partial charge on any atom is 0.310 e. The second-order valence-electron chi connectivity index (χ2n) is 8.28. The van der Waals surface area contributed by atoms with Crippen LogP contribution in [0.1, 0.15) is 44.1 Å². The van der Waals surface area contributed by atoms with E-state index in [0.29, 0.717) is 0 Å². The zero-order valence-electron chi connectivity index (χ0n) is 14.6. The molecule has 1 N–H and O–H groups in total. The summed E-state index contributed by atoms with van der Waals surface area (Å²) in [6.07, 6.45) is 6.75. The van der Waals surface area contributed by atoms with Gasteiger partial charge in [0, 0.05) is 16.1 Å². The number of rotatable bonds is 5. The molecule has 1 aromatic rings. The number of carbonyl (C=O) groups is 2. The molecule has 0 atom stereocenters. The van der Waals surface area contributed by atoms with Crippen molar-refractivity contribution < 1.29 is 18.7 Å². The van der Waals surface area contributed by atoms with E-state index < -0.39 is 11.8 Å². The second-order valence-corrected chi connectivity index (χ2v) is 8.69. The lowest BCUT2D eigenvalue weighted by atomic mass is 9.53. The lowest BCUT2D eigenvalue weighted by Crippen LogP contribution is -2.60. The Hall–Kier alpha value is -1.62. The molecule has 4 nitrogen and oxygen atoms in total. The average Bonchev–Trinajstić information content (AvgIpc) is 2.55. The topological polar surface area (TPSA) is 55.4 Å². The van der Waals surface area contributed by atoms with Gasteiger partial charge in [0.2, 0.25) is 0 Å². The summed E-state index contributed by atoms with van der Waals surface area (Å²) < 4.78 is 18.8. The van der Waals surface area contributed by atoms with E-state index in [-0.39, 0.29) is 35.1 Å². The van der Waals surface area contributed by atoms with E-state index in [4.69, 9.17) is 16.3 Å². The van der Waals surface area contributed by atoms with Crippen LogP contribution in [0.5, 0.6) is 0 Å². The number of carbonyl (C=O) groups excluding carboxylic acids is 2. The number of nitrogens with one attached hydrogen (secondary N) is 1. The Morgan fingerprint density at radius 3 is 2.35 bits per heavy atom. The first-order chi connectivity index (χ1) is 12.4. The van der Waals surface area contributed by atoms with Crippen LogP contribution in [0.4, 0.5) is 4.39 Å². The Balaban J connectivity index is 1.30. The van der Waals surface area contributed by atoms with E-state index in [0.717, 1.165) is 37.0 Å². The molecule has 0 heterocycles. The molecule has 26 heavy (non-hydrogen) atoms. The van der Waals surface area contributed by atoms with Crippen molar-refractivity contribution in [1.82, 2.24) is 5.32 Å². The number of hydrogen-bond donors (Lipinski definition) is 1. The van der Waals surface area contributed by atoms with E-state index in [1.165, 1.54) is 37.5 Å². The molecule has 140 valence electrons. The SMILES string of the molecule is O=C(COC(=O)Cc1c(F)cccc1Cl)NC12CC3CC(CC(C3)C1)C2. The van der Waals surface area contributed by atoms with Gasteiger partial charge in [0.25, 0.3) is 5.91 Å². The molecule has 0 unspecified atom stereocenters. The van der Waals surface area contributed by atoms with Gasteiger partial charge in [-0.1, -0.05) is 17.7 Å². The standard InChI is InChI=1S/C20H23ClFNO3/c21-16-2-1-3-17(22)15(16)7-19(25)26-11-18(24)23-20-8-12-4-13(9-20)6-14(5-12)10-20/h1-3,12-14H,4-11H2,(H,23,24). The molecule has 6 heteroatoms. The van der Waals surface area contributed by atoms with Crippen LogP contribution in [-0.4, -0.2) is 24.0 Å². The van der Waals surface area contributed by atoms with Gasteiger partial charge in [-0.25, -0.2) is 4.39 Å². The summed E-state index contributed by atoms with van der Waals surface area (Å²) in [5.41, 5.74) is -0.00625. The maximum absolute atomic E-state index is 13.7. The highest BCUT2D eigenvalue weighted by Gasteiger charge is 2.51. The lowest BCUT2D eigenvalue weighted by molar-refractivity contribution is -0.149. The molecule has 4 fully saturated rings. The van der Waals surface area contributed by atoms with E-state index in [2.05, 4.69) is 5.32 Å². The first kappa shape index (κ1) is 17.8. The summed E-state index contributed by atoms with van der Waals surface area (Å²) in [5, 5.41) is 3.33. The van der Waals surface area contributed by atoms with Crippen molar-refractivity contribution in [3.05, 3.63) is 34.6 Å². The molecule has 0 aliphatic heterocycles. The second kappa shape index (κ2) is 6.84. The van der Waals surface area contributed by atoms with Crippen molar-refractivity contribution in [2.24, 2.45) is 17.8 Å². The first-order valence-electron chi connectivity index (χ1n) is 9.32. The lowest BCUT2D eigenvalue weighted by Gasteiger charge is -2.56. The van der Waals surface area contributed by atoms with Gasteiger partial charge in [0.15, 0.2) is 6.61 Å². The highest BCUT2D eigenvalue weighted by Crippen LogP contribution is 2.55. The Morgan fingerprint density at radius 1 is 1.15 bits per heavy atom. The first-order valence-corrected chi connectivity index (χ1v) is 9.70. The van der Waals surface area contributed by atoms with Crippen molar-refractivity contribution in [1.29, 1.82) is 0 Å². The number of amides is 1. The largest absolute Gasteiger partial charge is 0.455 e. The molecule has 0 aromatic heterocycles. The van der Waals surface area contributed by atoms with Crippen LogP contribution in [0, 0.1) is 23.6 Å². The van der Waals surface area contributed by atoms with Crippen LogP contribution in [-0.2, 0) is 20.7 Å². The normalized spacial score (nSPS) is 31.7. The van der Waals surface area contributed by atoms with Crippen LogP contribution in [0.2, 0.25) is 5.02 Å². The molecule has 4 aliphatic carbocycles. The van der Waals surface area contributed by atoms with Gasteiger partial charge in [-0.15, -0.1) is 0 Å². The maximum atomic E-state index is 13.7. The third kappa shape index (κ3) is 3.59. The number of benzene rings is 1. The fourth-order valence-electron chi connectivity index (χ4n) is 5.64. The summed E-state index contributed by atoms with van der Waals surface area (Å²) in [6, 6.07) is 4.24. The Kier molecular flexibility index (Phi) is 4.68. The molecule has 4 bridgehead atoms. The molecule has 1 aromatic carbocycles. The quantitative estimate of drug-likeness (QED) is 0.794. The van der Waals surface area contributed by atoms with Crippen LogP contribution in [0.25, 0.3) is 0 Å². The summed E-state index contributed by atoms with van der Waals surface area (Å²) in [5.74, 6) is 0.719. The predicted octanol–water partition coefficient (Wildman–Crippen LogP) is 3.65. The molecule has 4 saturated carbocycles. The average molecular weight is 380 g/mol. The van der Waals surface area contributed by atoms with E-state index in [1.807, 2.05) is 0 Å². The zero-order valence-corrected chi connectivity index (χ0v) is 15.4. The fraction of sp³-hybridized carbons (Fsp3) is 0.600. The number of hydrogen-bond acceptors (Lipinski definition) is 3. The van der Waals surface area contributed by atoms with Crippen LogP contribution >= 0.6 is 11.6 Å². The number of halogens is 2. The molecule has 4 aliphatic rings. The Bertz CT molecular complexity index is 680. The van der Waals surface area contributed by atoms with E-state index >= 15 is 0 Å². The van der Waals surface area contributed by atoms with Gasteiger partial charge in [-0.05, 0) is 68.4 Å². The van der Waals surface area contributed by atoms with Crippen molar-refractivity contribution in [3.63, 3.8) is 0 Å². The third-order valence-electron chi connectivity index (χ3n) is 6.19. The molecule has 1 amide bonds. The smallest absolute Gasteiger partial charge is 0.310 e. The number of ether oxygens (including phenoxy) is 1. The Labute approximate surface area is 157 Å². The van der Waals surface area contributed by atoms with Gasteiger partial charge in [0.1, 0.15) is 5.82 Å². The highest BCUT2D eigenvalue weighted by molar-refractivity contribution is 6.31. The minimum absolute atomic E-state index is 0.0978. The number of esters is 1. The predicted molar refractivity (Wildman–Crippen MR) is 95.1 cm³/mol. The molecule has 0 radical (unpaired) electrons. The van der Waals surface area contributed by atoms with E-state index in [1.54, 1.807) is 0 Å². The van der Waals surface area contributed by atoms with Crippen molar-refractivity contribution in [2.75, 3.05) is 6.61 Å². The highest BCUT2D eigenvalue weighted by atomic mass is 35.5. The van der Waals surface area contributed by atoms with Gasteiger partial charge >= 0.3 is 5.97 Å². The molecule has 0 spiro atoms. The van der Waals surface area contributed by atoms with Crippen molar-refractivity contribution in [2.45, 2.75) is 50.5 Å². The summed E-state index contributed by atoms with van der Waals surface area (Å²) in [6.45, 7) is -0.327. The summed E-state index contributed by atoms with van der Waals surface area (Å²) in [4.78, 5) is 24.3. The van der Waals surface area contributed by atoms with E-state index in [9.17, 15) is 14.0 Å². The minimum Gasteiger partial charge on any atom is -0.455 e. The van der Waals surface area contributed by atoms with Crippen LogP contribution in [0.15, 0.2) is 18.2 Å². The van der Waals surface area contributed by atoms with Crippen LogP contribution < -0.4 is 5.32 Å². The van der Waals surface area contributed by atoms with Gasteiger partial charge in [0.05, 0.1) is 6.42 Å². The summed E-state index contributed by atoms with van der Waals surface area (Å²) >= 11 is 5.91. The van der Waals surface area contributed by atoms with Gasteiger partial charge in [-0.3, -0.25) is 9.59 Å². The molecular formula is C20H23ClFNO3. The van der Waals surface area contributed by atoms with Gasteiger partial charge in [-0.2, -0.15) is 0 Å². The minimum atomic E-state index is -0.655. The monoisotopic (exact) mass is 379 g/mol. The van der Waals surface area contributed by atoms with Crippen molar-refractivity contribution >= 4 is 23.5 Å². The fourth-order valence-corrected chi connectivity index (χ4v) is 5.87. The van der Waals surface area contributed by atoms with Gasteiger partial charge < -0.3 is 10.1 Å². The molecule has 0 saturated heterocycles. The zero-order chi connectivity index (χ0) is 18.3. The molecular weight excluding hydrogens is 357 g/mol. The summed E-state index contributed by atoms with van der Waals surface area (Å²) in [7, 11) is 0. The van der Waals surface area contributed by atoms with Crippen LogP contribution in [0.3, 0.4) is 0 Å². The van der Waals surface area contributed by atoms with Crippen molar-refractivity contribution in [3.8, 4) is 0 Å². The molecule has 5 rings (SSSR count). The Morgan fingerprint density at radius 2 is 1.77 bits per heavy atom.